The van der Waals surface area contributed by atoms with Crippen molar-refractivity contribution in [2.24, 2.45) is 0 Å². The van der Waals surface area contributed by atoms with Crippen molar-refractivity contribution < 1.29 is 4.79 Å². The van der Waals surface area contributed by atoms with Crippen LogP contribution in [0.2, 0.25) is 0 Å². The van der Waals surface area contributed by atoms with Gasteiger partial charge in [0, 0.05) is 51.8 Å². The molecule has 2 aliphatic heterocycles. The minimum atomic E-state index is 0.0390. The monoisotopic (exact) mass is 313 g/mol. The lowest BCUT2D eigenvalue weighted by Crippen LogP contribution is -2.28. The van der Waals surface area contributed by atoms with Gasteiger partial charge in [0.2, 0.25) is 0 Å². The highest BCUT2D eigenvalue weighted by Gasteiger charge is 2.29. The molecule has 23 heavy (non-hydrogen) atoms. The second kappa shape index (κ2) is 5.53. The second-order valence-electron chi connectivity index (χ2n) is 5.99. The molecule has 0 aliphatic carbocycles. The summed E-state index contributed by atoms with van der Waals surface area (Å²) in [4.78, 5) is 26.3. The lowest BCUT2D eigenvalue weighted by Gasteiger charge is -2.17. The minimum absolute atomic E-state index is 0.0390. The van der Waals surface area contributed by atoms with Crippen LogP contribution < -0.4 is 9.80 Å². The summed E-state index contributed by atoms with van der Waals surface area (Å²) in [5.41, 5.74) is 0.873. The standard InChI is InChI=1S/C15H19N7O/c1-19-6-7-21(15(19)23)13-8-18-22(11-13)12-2-5-20(10-12)14-9-16-3-4-17-14/h3-4,8-9,11-12H,2,5-7,10H2,1H3. The predicted octanol–water partition coefficient (Wildman–Crippen LogP) is 0.996. The van der Waals surface area contributed by atoms with Crippen molar-refractivity contribution in [3.05, 3.63) is 31.0 Å². The zero-order chi connectivity index (χ0) is 15.8. The number of likely N-dealkylation sites (N-methyl/N-ethyl adjacent to an activating group) is 1. The van der Waals surface area contributed by atoms with E-state index < -0.39 is 0 Å². The van der Waals surface area contributed by atoms with E-state index in [-0.39, 0.29) is 6.03 Å². The first-order valence-electron chi connectivity index (χ1n) is 7.80. The molecule has 0 spiro atoms. The lowest BCUT2D eigenvalue weighted by molar-refractivity contribution is 0.229. The van der Waals surface area contributed by atoms with Crippen LogP contribution in [0.1, 0.15) is 12.5 Å². The maximum Gasteiger partial charge on any atom is 0.324 e. The molecule has 0 aromatic carbocycles. The predicted molar refractivity (Wildman–Crippen MR) is 85.5 cm³/mol. The molecule has 1 unspecified atom stereocenters. The number of hydrogen-bond acceptors (Lipinski definition) is 5. The average Bonchev–Trinajstić information content (AvgIpc) is 3.29. The van der Waals surface area contributed by atoms with E-state index in [1.54, 1.807) is 34.6 Å². The molecule has 2 aromatic rings. The molecular weight excluding hydrogens is 294 g/mol. The van der Waals surface area contributed by atoms with Gasteiger partial charge in [-0.05, 0) is 6.42 Å². The van der Waals surface area contributed by atoms with Gasteiger partial charge in [-0.3, -0.25) is 14.6 Å². The molecule has 2 amide bonds. The van der Waals surface area contributed by atoms with Crippen LogP contribution >= 0.6 is 0 Å². The molecule has 0 saturated carbocycles. The first-order chi connectivity index (χ1) is 11.2. The Kier molecular flexibility index (Phi) is 3.36. The molecule has 4 heterocycles. The maximum absolute atomic E-state index is 12.1. The number of carbonyl (C=O) groups is 1. The Morgan fingerprint density at radius 3 is 2.83 bits per heavy atom. The van der Waals surface area contributed by atoms with E-state index in [0.717, 1.165) is 44.1 Å². The van der Waals surface area contributed by atoms with Crippen LogP contribution in [-0.4, -0.2) is 63.9 Å². The van der Waals surface area contributed by atoms with Gasteiger partial charge in [-0.2, -0.15) is 5.10 Å². The van der Waals surface area contributed by atoms with E-state index in [2.05, 4.69) is 20.0 Å². The fraction of sp³-hybridized carbons (Fsp3) is 0.467. The van der Waals surface area contributed by atoms with Crippen LogP contribution in [-0.2, 0) is 0 Å². The number of anilines is 2. The molecule has 0 bridgehead atoms. The summed E-state index contributed by atoms with van der Waals surface area (Å²) >= 11 is 0. The van der Waals surface area contributed by atoms with Crippen molar-refractivity contribution in [1.29, 1.82) is 0 Å². The highest BCUT2D eigenvalue weighted by Crippen LogP contribution is 2.27. The van der Waals surface area contributed by atoms with Crippen molar-refractivity contribution in [3.8, 4) is 0 Å². The topological polar surface area (TPSA) is 70.4 Å². The summed E-state index contributed by atoms with van der Waals surface area (Å²) in [6.45, 7) is 3.27. The number of nitrogens with zero attached hydrogens (tertiary/aromatic N) is 7. The Hall–Kier alpha value is -2.64. The fourth-order valence-corrected chi connectivity index (χ4v) is 3.17. The molecular formula is C15H19N7O. The maximum atomic E-state index is 12.1. The smallest absolute Gasteiger partial charge is 0.324 e. The number of aromatic nitrogens is 4. The van der Waals surface area contributed by atoms with Crippen molar-refractivity contribution in [2.75, 3.05) is 43.0 Å². The molecule has 2 saturated heterocycles. The van der Waals surface area contributed by atoms with E-state index in [0.29, 0.717) is 6.04 Å². The van der Waals surface area contributed by atoms with Gasteiger partial charge in [0.15, 0.2) is 0 Å². The Morgan fingerprint density at radius 2 is 2.09 bits per heavy atom. The molecule has 8 heteroatoms. The third-order valence-electron chi connectivity index (χ3n) is 4.53. The SMILES string of the molecule is CN1CCN(c2cnn(C3CCN(c4cnccn4)C3)c2)C1=O. The highest BCUT2D eigenvalue weighted by atomic mass is 16.2. The van der Waals surface area contributed by atoms with Crippen molar-refractivity contribution in [3.63, 3.8) is 0 Å². The Balaban J connectivity index is 1.47. The number of hydrogen-bond donors (Lipinski definition) is 0. The van der Waals surface area contributed by atoms with Gasteiger partial charge in [-0.15, -0.1) is 0 Å². The third kappa shape index (κ3) is 2.49. The van der Waals surface area contributed by atoms with Crippen LogP contribution in [0.25, 0.3) is 0 Å². The van der Waals surface area contributed by atoms with Crippen LogP contribution in [0.4, 0.5) is 16.3 Å². The van der Waals surface area contributed by atoms with Crippen LogP contribution in [0.15, 0.2) is 31.0 Å². The fourth-order valence-electron chi connectivity index (χ4n) is 3.17. The Morgan fingerprint density at radius 1 is 1.17 bits per heavy atom. The number of carbonyl (C=O) groups excluding carboxylic acids is 1. The van der Waals surface area contributed by atoms with Crippen LogP contribution in [0.5, 0.6) is 0 Å². The summed E-state index contributed by atoms with van der Waals surface area (Å²) < 4.78 is 1.97. The number of amides is 2. The quantitative estimate of drug-likeness (QED) is 0.845. The van der Waals surface area contributed by atoms with Gasteiger partial charge < -0.3 is 9.80 Å². The van der Waals surface area contributed by atoms with E-state index in [9.17, 15) is 4.79 Å². The van der Waals surface area contributed by atoms with E-state index in [1.807, 2.05) is 17.9 Å². The molecule has 2 fully saturated rings. The van der Waals surface area contributed by atoms with Gasteiger partial charge in [-0.1, -0.05) is 0 Å². The van der Waals surface area contributed by atoms with Crippen molar-refractivity contribution >= 4 is 17.5 Å². The number of urea groups is 1. The molecule has 4 rings (SSSR count). The highest BCUT2D eigenvalue weighted by molar-refractivity contribution is 5.93. The van der Waals surface area contributed by atoms with Crippen LogP contribution in [0, 0.1) is 0 Å². The second-order valence-corrected chi connectivity index (χ2v) is 5.99. The van der Waals surface area contributed by atoms with E-state index in [4.69, 9.17) is 0 Å². The average molecular weight is 313 g/mol. The largest absolute Gasteiger partial charge is 0.353 e. The number of rotatable bonds is 3. The van der Waals surface area contributed by atoms with Crippen molar-refractivity contribution in [1.82, 2.24) is 24.6 Å². The van der Waals surface area contributed by atoms with Gasteiger partial charge >= 0.3 is 6.03 Å². The zero-order valence-electron chi connectivity index (χ0n) is 13.0. The summed E-state index contributed by atoms with van der Waals surface area (Å²) in [5, 5.41) is 4.47. The summed E-state index contributed by atoms with van der Waals surface area (Å²) in [7, 11) is 1.82. The van der Waals surface area contributed by atoms with E-state index >= 15 is 0 Å². The first-order valence-corrected chi connectivity index (χ1v) is 7.80. The van der Waals surface area contributed by atoms with E-state index in [1.165, 1.54) is 0 Å². The van der Waals surface area contributed by atoms with Crippen molar-refractivity contribution in [2.45, 2.75) is 12.5 Å². The molecule has 0 N–H and O–H groups in total. The first kappa shape index (κ1) is 14.0. The van der Waals surface area contributed by atoms with Gasteiger partial charge in [0.1, 0.15) is 5.82 Å². The summed E-state index contributed by atoms with van der Waals surface area (Å²) in [5.74, 6) is 0.902. The van der Waals surface area contributed by atoms with Gasteiger partial charge in [0.05, 0.1) is 24.1 Å². The lowest BCUT2D eigenvalue weighted by atomic mass is 10.3. The molecule has 2 aromatic heterocycles. The van der Waals surface area contributed by atoms with Gasteiger partial charge in [-0.25, -0.2) is 9.78 Å². The zero-order valence-corrected chi connectivity index (χ0v) is 13.0. The molecule has 2 aliphatic rings. The molecule has 8 nitrogen and oxygen atoms in total. The Bertz CT molecular complexity index is 701. The van der Waals surface area contributed by atoms with Crippen LogP contribution in [0.3, 0.4) is 0 Å². The summed E-state index contributed by atoms with van der Waals surface area (Å²) in [6.07, 6.45) is 9.94. The third-order valence-corrected chi connectivity index (χ3v) is 4.53. The molecule has 1 atom stereocenters. The summed E-state index contributed by atoms with van der Waals surface area (Å²) in [6, 6.07) is 0.332. The minimum Gasteiger partial charge on any atom is -0.353 e. The normalized spacial score (nSPS) is 21.5. The van der Waals surface area contributed by atoms with Gasteiger partial charge in [0.25, 0.3) is 0 Å². The Labute approximate surface area is 134 Å². The molecule has 0 radical (unpaired) electrons. The molecule has 120 valence electrons.